The van der Waals surface area contributed by atoms with Crippen LogP contribution in [0.5, 0.6) is 5.75 Å². The van der Waals surface area contributed by atoms with Gasteiger partial charge in [-0.05, 0) is 53.1 Å². The van der Waals surface area contributed by atoms with Gasteiger partial charge < -0.3 is 15.2 Å². The molecule has 0 aliphatic rings. The molecule has 2 N–H and O–H groups in total. The van der Waals surface area contributed by atoms with Gasteiger partial charge in [0.25, 0.3) is 5.91 Å². The zero-order valence-corrected chi connectivity index (χ0v) is 21.9. The van der Waals surface area contributed by atoms with Gasteiger partial charge in [0.05, 0.1) is 12.3 Å². The van der Waals surface area contributed by atoms with Crippen molar-refractivity contribution >= 4 is 17.3 Å². The fourth-order valence-corrected chi connectivity index (χ4v) is 4.26. The number of alkyl halides is 3. The Hall–Kier alpha value is -5.40. The highest BCUT2D eigenvalue weighted by molar-refractivity contribution is 6.03. The van der Waals surface area contributed by atoms with Crippen LogP contribution < -0.4 is 10.1 Å². The number of nitrogens with one attached hydrogen (secondary N) is 1. The van der Waals surface area contributed by atoms with Gasteiger partial charge in [0.1, 0.15) is 24.2 Å². The number of aliphatic hydroxyl groups is 1. The van der Waals surface area contributed by atoms with Crippen LogP contribution in [-0.2, 0) is 12.8 Å². The largest absolute Gasteiger partial charge is 0.489 e. The van der Waals surface area contributed by atoms with Crippen LogP contribution in [0.3, 0.4) is 0 Å². The Morgan fingerprint density at radius 1 is 0.929 bits per heavy atom. The summed E-state index contributed by atoms with van der Waals surface area (Å²) in [4.78, 5) is 16.5. The van der Waals surface area contributed by atoms with Crippen LogP contribution in [0.2, 0.25) is 0 Å². The van der Waals surface area contributed by atoms with Crippen molar-refractivity contribution in [3.63, 3.8) is 0 Å². The van der Waals surface area contributed by atoms with E-state index in [4.69, 9.17) is 11.3 Å². The summed E-state index contributed by atoms with van der Waals surface area (Å²) in [7, 11) is 0. The van der Waals surface area contributed by atoms with E-state index in [0.717, 1.165) is 10.2 Å². The molecule has 1 heterocycles. The highest BCUT2D eigenvalue weighted by atomic mass is 19.4. The average Bonchev–Trinajstić information content (AvgIpc) is 3.47. The molecule has 7 nitrogen and oxygen atoms in total. The molecule has 0 radical (unpaired) electrons. The smallest absolute Gasteiger partial charge is 0.435 e. The lowest BCUT2D eigenvalue weighted by molar-refractivity contribution is -0.141. The molecule has 1 atom stereocenters. The number of carbonyl (C=O) groups is 1. The summed E-state index contributed by atoms with van der Waals surface area (Å²) in [6.45, 7) is 7.55. The molecule has 1 amide bonds. The monoisotopic (exact) mass is 568 g/mol. The molecule has 10 heteroatoms. The van der Waals surface area contributed by atoms with E-state index in [1.807, 2.05) is 30.3 Å². The molecule has 1 unspecified atom stereocenters. The number of amides is 1. The zero-order chi connectivity index (χ0) is 29.7. The Bertz CT molecular complexity index is 1760. The minimum Gasteiger partial charge on any atom is -0.489 e. The number of halogens is 3. The average molecular weight is 569 g/mol. The molecular formula is C32H23F3N4O3. The lowest BCUT2D eigenvalue weighted by atomic mass is 10.0. The number of ether oxygens (including phenoxy) is 1. The molecule has 0 bridgehead atoms. The maximum absolute atomic E-state index is 13.5. The van der Waals surface area contributed by atoms with Crippen LogP contribution in [0.25, 0.3) is 10.5 Å². The number of aromatic nitrogens is 2. The molecule has 210 valence electrons. The quantitative estimate of drug-likeness (QED) is 0.192. The standard InChI is InChI=1S/C32H23F3N4O3/c1-36-24-12-7-14-26(18-24)39-28(19-29(38-39)32(33,34)35)31(41)37-25-13-5-10-22(16-25)30(40)23-11-6-15-27(17-23)42-20-21-8-3-2-4-9-21/h2-19,30,40H,20H2,(H,37,41). The molecule has 5 aromatic rings. The molecule has 42 heavy (non-hydrogen) atoms. The molecule has 0 spiro atoms. The Balaban J connectivity index is 1.37. The Morgan fingerprint density at radius 3 is 2.38 bits per heavy atom. The van der Waals surface area contributed by atoms with Gasteiger partial charge >= 0.3 is 6.18 Å². The van der Waals surface area contributed by atoms with Crippen molar-refractivity contribution in [1.29, 1.82) is 0 Å². The summed E-state index contributed by atoms with van der Waals surface area (Å²) in [5.41, 5.74) is 0.928. The second-order valence-electron chi connectivity index (χ2n) is 9.28. The van der Waals surface area contributed by atoms with Crippen LogP contribution in [-0.4, -0.2) is 20.8 Å². The van der Waals surface area contributed by atoms with Crippen molar-refractivity contribution in [3.05, 3.63) is 149 Å². The first kappa shape index (κ1) is 28.1. The van der Waals surface area contributed by atoms with E-state index in [1.165, 1.54) is 30.3 Å². The van der Waals surface area contributed by atoms with Crippen molar-refractivity contribution in [3.8, 4) is 11.4 Å². The number of hydrogen-bond donors (Lipinski definition) is 2. The number of hydrogen-bond acceptors (Lipinski definition) is 4. The lowest BCUT2D eigenvalue weighted by Gasteiger charge is -2.15. The third kappa shape index (κ3) is 6.49. The van der Waals surface area contributed by atoms with Crippen molar-refractivity contribution < 1.29 is 27.8 Å². The summed E-state index contributed by atoms with van der Waals surface area (Å²) in [6, 6.07) is 29.4. The summed E-state index contributed by atoms with van der Waals surface area (Å²) in [6.07, 6.45) is -5.86. The van der Waals surface area contributed by atoms with Gasteiger partial charge in [0.15, 0.2) is 11.4 Å². The number of nitrogens with zero attached hydrogens (tertiary/aromatic N) is 3. The van der Waals surface area contributed by atoms with Gasteiger partial charge in [-0.3, -0.25) is 4.79 Å². The molecule has 0 aliphatic carbocycles. The van der Waals surface area contributed by atoms with Gasteiger partial charge in [0.2, 0.25) is 0 Å². The van der Waals surface area contributed by atoms with Crippen molar-refractivity contribution in [2.75, 3.05) is 5.32 Å². The van der Waals surface area contributed by atoms with Gasteiger partial charge in [0, 0.05) is 11.8 Å². The van der Waals surface area contributed by atoms with Crippen LogP contribution in [0, 0.1) is 6.57 Å². The number of aliphatic hydroxyl groups excluding tert-OH is 1. The first-order chi connectivity index (χ1) is 20.2. The lowest BCUT2D eigenvalue weighted by Crippen LogP contribution is -2.17. The molecule has 4 aromatic carbocycles. The van der Waals surface area contributed by atoms with Crippen LogP contribution in [0.15, 0.2) is 109 Å². The van der Waals surface area contributed by atoms with Gasteiger partial charge in [-0.2, -0.15) is 18.3 Å². The van der Waals surface area contributed by atoms with Crippen molar-refractivity contribution in [2.45, 2.75) is 18.9 Å². The molecule has 0 fully saturated rings. The number of carbonyl (C=O) groups excluding carboxylic acids is 1. The molecular weight excluding hydrogens is 545 g/mol. The molecule has 1 aromatic heterocycles. The van der Waals surface area contributed by atoms with Crippen LogP contribution in [0.4, 0.5) is 24.5 Å². The topological polar surface area (TPSA) is 80.7 Å². The van der Waals surface area contributed by atoms with E-state index in [9.17, 15) is 23.1 Å². The minimum atomic E-state index is -4.79. The molecule has 0 saturated heterocycles. The predicted molar refractivity (Wildman–Crippen MR) is 151 cm³/mol. The summed E-state index contributed by atoms with van der Waals surface area (Å²) >= 11 is 0. The molecule has 5 rings (SSSR count). The van der Waals surface area contributed by atoms with Gasteiger partial charge in [-0.25, -0.2) is 9.53 Å². The van der Waals surface area contributed by atoms with Gasteiger partial charge in [-0.15, -0.1) is 0 Å². The Labute approximate surface area is 239 Å². The zero-order valence-electron chi connectivity index (χ0n) is 21.9. The van der Waals surface area contributed by atoms with E-state index in [-0.39, 0.29) is 22.8 Å². The normalized spacial score (nSPS) is 11.9. The molecule has 0 saturated carbocycles. The third-order valence-electron chi connectivity index (χ3n) is 6.32. The second-order valence-corrected chi connectivity index (χ2v) is 9.28. The Morgan fingerprint density at radius 2 is 1.64 bits per heavy atom. The highest BCUT2D eigenvalue weighted by Gasteiger charge is 2.36. The van der Waals surface area contributed by atoms with Gasteiger partial charge in [-0.1, -0.05) is 66.7 Å². The minimum absolute atomic E-state index is 0.127. The summed E-state index contributed by atoms with van der Waals surface area (Å²) < 4.78 is 47.2. The predicted octanol–water partition coefficient (Wildman–Crippen LogP) is 7.35. The third-order valence-corrected chi connectivity index (χ3v) is 6.32. The Kier molecular flexibility index (Phi) is 8.04. The summed E-state index contributed by atoms with van der Waals surface area (Å²) in [5.74, 6) is -0.287. The fraction of sp³-hybridized carbons (Fsp3) is 0.0938. The van der Waals surface area contributed by atoms with Crippen molar-refractivity contribution in [1.82, 2.24) is 9.78 Å². The van der Waals surface area contributed by atoms with E-state index in [0.29, 0.717) is 29.5 Å². The van der Waals surface area contributed by atoms with E-state index in [2.05, 4.69) is 15.3 Å². The number of anilines is 1. The van der Waals surface area contributed by atoms with Crippen LogP contribution >= 0.6 is 0 Å². The first-order valence-corrected chi connectivity index (χ1v) is 12.7. The van der Waals surface area contributed by atoms with E-state index in [1.54, 1.807) is 42.5 Å². The first-order valence-electron chi connectivity index (χ1n) is 12.7. The maximum Gasteiger partial charge on any atom is 0.435 e. The number of benzene rings is 4. The number of rotatable bonds is 8. The second kappa shape index (κ2) is 12.0. The fourth-order valence-electron chi connectivity index (χ4n) is 4.26. The van der Waals surface area contributed by atoms with E-state index >= 15 is 0 Å². The summed E-state index contributed by atoms with van der Waals surface area (Å²) in [5, 5.41) is 17.3. The van der Waals surface area contributed by atoms with E-state index < -0.39 is 23.9 Å². The van der Waals surface area contributed by atoms with Crippen LogP contribution in [0.1, 0.15) is 39.0 Å². The highest BCUT2D eigenvalue weighted by Crippen LogP contribution is 2.31. The van der Waals surface area contributed by atoms with Crippen molar-refractivity contribution in [2.24, 2.45) is 0 Å². The SMILES string of the molecule is [C-]#[N+]c1cccc(-n2nc(C(F)(F)F)cc2C(=O)Nc2cccc(C(O)c3cccc(OCc4ccccc4)c3)c2)c1. The maximum atomic E-state index is 13.5. The molecule has 0 aliphatic heterocycles.